The average molecular weight is 744 g/mol. The lowest BCUT2D eigenvalue weighted by Gasteiger charge is -2.29. The highest BCUT2D eigenvalue weighted by atomic mass is 35.5. The second kappa shape index (κ2) is 14.4. The summed E-state index contributed by atoms with van der Waals surface area (Å²) in [6.07, 6.45) is 8.33. The Hall–Kier alpha value is -3.71. The number of ether oxygens (including phenoxy) is 1. The highest BCUT2D eigenvalue weighted by Gasteiger charge is 2.61. The Labute approximate surface area is 301 Å². The van der Waals surface area contributed by atoms with E-state index in [1.165, 1.54) is 15.9 Å². The molecule has 11 nitrogen and oxygen atoms in total. The molecule has 5 atom stereocenters. The summed E-state index contributed by atoms with van der Waals surface area (Å²) < 4.78 is 53.7. The van der Waals surface area contributed by atoms with Crippen molar-refractivity contribution < 1.29 is 41.1 Å². The quantitative estimate of drug-likeness (QED) is 0.349. The second-order valence-electron chi connectivity index (χ2n) is 14.8. The van der Waals surface area contributed by atoms with Gasteiger partial charge in [0.1, 0.15) is 17.7 Å². The fraction of sp³-hybridized carbons (Fsp3) is 0.568. The van der Waals surface area contributed by atoms with Crippen molar-refractivity contribution in [3.8, 4) is 0 Å². The molecule has 3 fully saturated rings. The standard InChI is InChI=1S/C37H43ClFN3O8S/c38-33-16-13-26(49-33)12-11-23-7-4-2-1-3-5-9-25-18-37(25,35(45)40-51(47,48)28-14-15-28)19-32(43)31-17-27(21-42(31)34(23)44)50-36(46)41-20-24-8-6-10-30(39)29(24)22-41/h5-6,8-10,13,16,23,25,27-28,31H,1-4,7,11-12,14-15,17-22H2,(H,40,45)/b9-5-/t23-,25-,27-,31+,37-/m1/s1. The summed E-state index contributed by atoms with van der Waals surface area (Å²) in [6.45, 7) is 0.213. The van der Waals surface area contributed by atoms with Gasteiger partial charge in [0.15, 0.2) is 11.0 Å². The lowest BCUT2D eigenvalue weighted by Crippen LogP contribution is -2.46. The molecule has 5 aliphatic rings. The lowest BCUT2D eigenvalue weighted by molar-refractivity contribution is -0.142. The van der Waals surface area contributed by atoms with E-state index in [0.717, 1.165) is 25.7 Å². The Balaban J connectivity index is 1.13. The second-order valence-corrected chi connectivity index (χ2v) is 17.1. The summed E-state index contributed by atoms with van der Waals surface area (Å²) in [5, 5.41) is -0.345. The van der Waals surface area contributed by atoms with Crippen molar-refractivity contribution in [2.24, 2.45) is 17.3 Å². The first kappa shape index (κ1) is 35.7. The summed E-state index contributed by atoms with van der Waals surface area (Å²) in [4.78, 5) is 58.7. The van der Waals surface area contributed by atoms with Crippen LogP contribution >= 0.6 is 11.6 Å². The number of carbonyl (C=O) groups is 4. The van der Waals surface area contributed by atoms with Gasteiger partial charge in [-0.05, 0) is 86.2 Å². The molecule has 1 saturated heterocycles. The third kappa shape index (κ3) is 7.74. The number of nitrogens with one attached hydrogen (secondary N) is 1. The van der Waals surface area contributed by atoms with Crippen molar-refractivity contribution in [2.45, 2.75) is 108 Å². The van der Waals surface area contributed by atoms with Crippen molar-refractivity contribution in [3.63, 3.8) is 0 Å². The maximum Gasteiger partial charge on any atom is 0.410 e. The number of ketones is 1. The Morgan fingerprint density at radius 3 is 2.65 bits per heavy atom. The van der Waals surface area contributed by atoms with Gasteiger partial charge in [0.05, 0.1) is 29.8 Å². The van der Waals surface area contributed by atoms with Gasteiger partial charge in [0, 0.05) is 37.3 Å². The van der Waals surface area contributed by atoms with E-state index in [4.69, 9.17) is 20.8 Å². The van der Waals surface area contributed by atoms with E-state index in [1.54, 1.807) is 24.3 Å². The minimum absolute atomic E-state index is 0.0161. The van der Waals surface area contributed by atoms with Gasteiger partial charge in [-0.25, -0.2) is 17.6 Å². The Morgan fingerprint density at radius 2 is 1.90 bits per heavy atom. The van der Waals surface area contributed by atoms with E-state index in [-0.39, 0.29) is 55.3 Å². The number of amides is 3. The molecule has 14 heteroatoms. The smallest absolute Gasteiger partial charge is 0.410 e. The SMILES string of the molecule is O=C1C[C@]2(C(=O)NS(=O)(=O)C3CC3)C[C@H]2/C=C\CCCCC[C@H](CCc2ccc(Cl)o2)C(=O)N2C[C@H](OC(=O)N3Cc4cccc(F)c4C3)C[C@@H]12. The number of rotatable bonds is 7. The number of benzene rings is 1. The van der Waals surface area contributed by atoms with Crippen LogP contribution in [0, 0.1) is 23.1 Å². The molecule has 0 bridgehead atoms. The van der Waals surface area contributed by atoms with Crippen LogP contribution in [0.3, 0.4) is 0 Å². The number of carbonyl (C=O) groups excluding carboxylic acids is 4. The molecule has 0 radical (unpaired) electrons. The van der Waals surface area contributed by atoms with Gasteiger partial charge >= 0.3 is 6.09 Å². The third-order valence-electron chi connectivity index (χ3n) is 11.2. The Morgan fingerprint density at radius 1 is 1.08 bits per heavy atom. The van der Waals surface area contributed by atoms with Crippen LogP contribution in [0.1, 0.15) is 87.5 Å². The fourth-order valence-corrected chi connectivity index (χ4v) is 9.48. The van der Waals surface area contributed by atoms with Crippen LogP contribution in [0.15, 0.2) is 46.9 Å². The van der Waals surface area contributed by atoms with E-state index in [9.17, 15) is 32.0 Å². The fourth-order valence-electron chi connectivity index (χ4n) is 7.93. The first-order chi connectivity index (χ1) is 24.4. The van der Waals surface area contributed by atoms with Crippen molar-refractivity contribution in [3.05, 3.63) is 70.4 Å². The topological polar surface area (TPSA) is 143 Å². The predicted octanol–water partition coefficient (Wildman–Crippen LogP) is 5.84. The molecule has 2 saturated carbocycles. The van der Waals surface area contributed by atoms with Gasteiger partial charge in [0.25, 0.3) is 0 Å². The zero-order valence-electron chi connectivity index (χ0n) is 28.4. The van der Waals surface area contributed by atoms with Gasteiger partial charge in [0.2, 0.25) is 21.8 Å². The van der Waals surface area contributed by atoms with E-state index < -0.39 is 56.6 Å². The predicted molar refractivity (Wildman–Crippen MR) is 184 cm³/mol. The number of nitrogens with zero attached hydrogens (tertiary/aromatic N) is 2. The van der Waals surface area contributed by atoms with Crippen LogP contribution in [-0.2, 0) is 48.7 Å². The number of allylic oxidation sites excluding steroid dienone is 2. The van der Waals surface area contributed by atoms with E-state index >= 15 is 0 Å². The normalized spacial score (nSPS) is 29.0. The number of aryl methyl sites for hydroxylation is 1. The zero-order valence-corrected chi connectivity index (χ0v) is 29.9. The Kier molecular flexibility index (Phi) is 10.1. The molecular formula is C37H43ClFN3O8S. The molecule has 274 valence electrons. The molecule has 1 N–H and O–H groups in total. The monoisotopic (exact) mass is 743 g/mol. The van der Waals surface area contributed by atoms with E-state index in [1.807, 2.05) is 12.2 Å². The molecule has 2 aliphatic carbocycles. The van der Waals surface area contributed by atoms with Crippen LogP contribution in [0.2, 0.25) is 5.22 Å². The van der Waals surface area contributed by atoms with E-state index in [2.05, 4.69) is 4.72 Å². The minimum Gasteiger partial charge on any atom is -0.450 e. The summed E-state index contributed by atoms with van der Waals surface area (Å²) in [5.41, 5.74) is -0.125. The van der Waals surface area contributed by atoms with E-state index in [0.29, 0.717) is 55.4 Å². The number of hydrogen-bond donors (Lipinski definition) is 1. The molecule has 1 aromatic heterocycles. The molecule has 2 aromatic rings. The van der Waals surface area contributed by atoms with Crippen LogP contribution in [0.5, 0.6) is 0 Å². The molecule has 0 unspecified atom stereocenters. The van der Waals surface area contributed by atoms with Gasteiger partial charge in [-0.1, -0.05) is 37.1 Å². The number of halogens is 2. The maximum atomic E-state index is 14.4. The van der Waals surface area contributed by atoms with Crippen molar-refractivity contribution >= 4 is 45.3 Å². The average Bonchev–Trinajstić information content (AvgIpc) is 3.91. The van der Waals surface area contributed by atoms with Gasteiger partial charge in [-0.3, -0.25) is 24.0 Å². The summed E-state index contributed by atoms with van der Waals surface area (Å²) in [5.74, 6) is -1.82. The van der Waals surface area contributed by atoms with Gasteiger partial charge in [-0.15, -0.1) is 0 Å². The Bertz CT molecular complexity index is 1840. The van der Waals surface area contributed by atoms with Crippen LogP contribution < -0.4 is 4.72 Å². The molecule has 0 spiro atoms. The van der Waals surface area contributed by atoms with Crippen LogP contribution in [-0.4, -0.2) is 65.8 Å². The van der Waals surface area contributed by atoms with Crippen molar-refractivity contribution in [1.82, 2.24) is 14.5 Å². The van der Waals surface area contributed by atoms with Crippen LogP contribution in [0.4, 0.5) is 9.18 Å². The highest BCUT2D eigenvalue weighted by molar-refractivity contribution is 7.90. The molecular weight excluding hydrogens is 701 g/mol. The number of Topliss-reactive ketones (excluding diaryl/α,β-unsaturated/α-hetero) is 1. The third-order valence-corrected chi connectivity index (χ3v) is 13.2. The molecule has 51 heavy (non-hydrogen) atoms. The summed E-state index contributed by atoms with van der Waals surface area (Å²) >= 11 is 5.99. The molecule has 7 rings (SSSR count). The largest absolute Gasteiger partial charge is 0.450 e. The molecule has 4 heterocycles. The first-order valence-corrected chi connectivity index (χ1v) is 19.9. The number of sulfonamides is 1. The highest BCUT2D eigenvalue weighted by Crippen LogP contribution is 2.57. The molecule has 3 aliphatic heterocycles. The first-order valence-electron chi connectivity index (χ1n) is 18.0. The lowest BCUT2D eigenvalue weighted by atomic mass is 9.90. The number of hydrogen-bond acceptors (Lipinski definition) is 8. The number of fused-ring (bicyclic) bond motifs is 3. The van der Waals surface area contributed by atoms with Gasteiger partial charge < -0.3 is 14.1 Å². The molecule has 1 aromatic carbocycles. The minimum atomic E-state index is -3.85. The summed E-state index contributed by atoms with van der Waals surface area (Å²) in [6, 6.07) is 7.13. The number of furan rings is 1. The molecule has 3 amide bonds. The summed E-state index contributed by atoms with van der Waals surface area (Å²) in [7, 11) is -3.85. The zero-order chi connectivity index (χ0) is 35.9. The van der Waals surface area contributed by atoms with Crippen LogP contribution in [0.25, 0.3) is 0 Å². The van der Waals surface area contributed by atoms with Gasteiger partial charge in [-0.2, -0.15) is 0 Å². The maximum absolute atomic E-state index is 14.4. The van der Waals surface area contributed by atoms with Crippen molar-refractivity contribution in [2.75, 3.05) is 6.54 Å². The van der Waals surface area contributed by atoms with Crippen molar-refractivity contribution in [1.29, 1.82) is 0 Å².